The summed E-state index contributed by atoms with van der Waals surface area (Å²) in [6.45, 7) is 0.947. The van der Waals surface area contributed by atoms with E-state index in [4.69, 9.17) is 0 Å². The van der Waals surface area contributed by atoms with Gasteiger partial charge in [0.2, 0.25) is 0 Å². The largest absolute Gasteiger partial charge is 0.494 e. The van der Waals surface area contributed by atoms with Crippen molar-refractivity contribution in [3.05, 3.63) is 30.1 Å². The standard InChI is InChI=1S/C11H15N3O/c1-13(2)7-6-9-8-12-10-4-3-5-11(15)14(9)10/h3-5,8,15H,6-7H2,1-2H3. The first-order chi connectivity index (χ1) is 7.18. The number of aromatic nitrogens is 2. The minimum atomic E-state index is 0.249. The van der Waals surface area contributed by atoms with Crippen LogP contribution in [0.4, 0.5) is 0 Å². The molecule has 1 N–H and O–H groups in total. The molecule has 0 saturated carbocycles. The zero-order chi connectivity index (χ0) is 10.8. The smallest absolute Gasteiger partial charge is 0.197 e. The second-order valence-electron chi connectivity index (χ2n) is 3.88. The van der Waals surface area contributed by atoms with Gasteiger partial charge in [0.25, 0.3) is 0 Å². The van der Waals surface area contributed by atoms with E-state index in [1.54, 1.807) is 16.5 Å². The van der Waals surface area contributed by atoms with Crippen molar-refractivity contribution in [1.82, 2.24) is 14.3 Å². The monoisotopic (exact) mass is 205 g/mol. The molecule has 0 aromatic carbocycles. The SMILES string of the molecule is CN(C)CCc1cnc2cccc(O)n12. The predicted molar refractivity (Wildman–Crippen MR) is 59.1 cm³/mol. The molecule has 0 fully saturated rings. The molecule has 0 spiro atoms. The number of fused-ring (bicyclic) bond motifs is 1. The van der Waals surface area contributed by atoms with Gasteiger partial charge in [-0.25, -0.2) is 4.98 Å². The second kappa shape index (κ2) is 3.90. The van der Waals surface area contributed by atoms with E-state index in [9.17, 15) is 5.11 Å². The lowest BCUT2D eigenvalue weighted by Crippen LogP contribution is -2.15. The highest BCUT2D eigenvalue weighted by atomic mass is 16.3. The van der Waals surface area contributed by atoms with Crippen LogP contribution in [-0.4, -0.2) is 40.0 Å². The Labute approximate surface area is 88.8 Å². The third-order valence-electron chi connectivity index (χ3n) is 2.40. The molecule has 2 aromatic heterocycles. The molecule has 0 aliphatic carbocycles. The molecule has 0 radical (unpaired) electrons. The normalized spacial score (nSPS) is 11.4. The molecule has 2 rings (SSSR count). The van der Waals surface area contributed by atoms with Gasteiger partial charge in [-0.3, -0.25) is 4.40 Å². The summed E-state index contributed by atoms with van der Waals surface area (Å²) in [6.07, 6.45) is 2.70. The zero-order valence-corrected chi connectivity index (χ0v) is 9.01. The second-order valence-corrected chi connectivity index (χ2v) is 3.88. The summed E-state index contributed by atoms with van der Waals surface area (Å²) in [7, 11) is 4.06. The first kappa shape index (κ1) is 9.98. The molecule has 0 aliphatic heterocycles. The quantitative estimate of drug-likeness (QED) is 0.817. The Morgan fingerprint density at radius 3 is 2.93 bits per heavy atom. The third kappa shape index (κ3) is 1.94. The Balaban J connectivity index is 2.35. The van der Waals surface area contributed by atoms with E-state index in [0.717, 1.165) is 24.3 Å². The molecule has 80 valence electrons. The first-order valence-corrected chi connectivity index (χ1v) is 4.97. The minimum Gasteiger partial charge on any atom is -0.494 e. The zero-order valence-electron chi connectivity index (χ0n) is 9.01. The number of imidazole rings is 1. The van der Waals surface area contributed by atoms with Crippen molar-refractivity contribution in [1.29, 1.82) is 0 Å². The number of hydrogen-bond acceptors (Lipinski definition) is 3. The molecule has 4 heteroatoms. The fraction of sp³-hybridized carbons (Fsp3) is 0.364. The van der Waals surface area contributed by atoms with Gasteiger partial charge in [-0.05, 0) is 26.2 Å². The van der Waals surface area contributed by atoms with Crippen LogP contribution in [0.5, 0.6) is 5.88 Å². The fourth-order valence-corrected chi connectivity index (χ4v) is 1.59. The summed E-state index contributed by atoms with van der Waals surface area (Å²) < 4.78 is 1.78. The van der Waals surface area contributed by atoms with Crippen LogP contribution in [0, 0.1) is 0 Å². The highest BCUT2D eigenvalue weighted by Gasteiger charge is 2.06. The van der Waals surface area contributed by atoms with E-state index in [1.165, 1.54) is 0 Å². The first-order valence-electron chi connectivity index (χ1n) is 4.97. The highest BCUT2D eigenvalue weighted by Crippen LogP contribution is 2.15. The summed E-state index contributed by atoms with van der Waals surface area (Å²) in [5.74, 6) is 0.249. The van der Waals surface area contributed by atoms with Crippen molar-refractivity contribution in [2.75, 3.05) is 20.6 Å². The lowest BCUT2D eigenvalue weighted by molar-refractivity contribution is 0.406. The van der Waals surface area contributed by atoms with Crippen molar-refractivity contribution >= 4 is 5.65 Å². The molecule has 2 heterocycles. The van der Waals surface area contributed by atoms with Crippen molar-refractivity contribution in [3.8, 4) is 5.88 Å². The summed E-state index contributed by atoms with van der Waals surface area (Å²) in [5.41, 5.74) is 1.83. The van der Waals surface area contributed by atoms with Crippen molar-refractivity contribution in [2.45, 2.75) is 6.42 Å². The molecule has 0 unspecified atom stereocenters. The van der Waals surface area contributed by atoms with E-state index in [1.807, 2.05) is 26.4 Å². The Morgan fingerprint density at radius 1 is 1.40 bits per heavy atom. The number of hydrogen-bond donors (Lipinski definition) is 1. The van der Waals surface area contributed by atoms with Gasteiger partial charge in [0.05, 0.1) is 0 Å². The van der Waals surface area contributed by atoms with Crippen LogP contribution in [0.25, 0.3) is 5.65 Å². The van der Waals surface area contributed by atoms with Crippen LogP contribution in [0.2, 0.25) is 0 Å². The average Bonchev–Trinajstić information content (AvgIpc) is 2.59. The van der Waals surface area contributed by atoms with E-state index < -0.39 is 0 Å². The van der Waals surface area contributed by atoms with Gasteiger partial charge in [0.15, 0.2) is 5.88 Å². The van der Waals surface area contributed by atoms with Crippen molar-refractivity contribution < 1.29 is 5.11 Å². The maximum atomic E-state index is 9.72. The molecule has 0 atom stereocenters. The lowest BCUT2D eigenvalue weighted by Gasteiger charge is -2.09. The molecule has 0 saturated heterocycles. The molecule has 0 aliphatic rings. The number of pyridine rings is 1. The number of aromatic hydroxyl groups is 1. The summed E-state index contributed by atoms with van der Waals surface area (Å²) in [6, 6.07) is 5.36. The maximum absolute atomic E-state index is 9.72. The molecule has 0 amide bonds. The van der Waals surface area contributed by atoms with Crippen LogP contribution in [-0.2, 0) is 6.42 Å². The van der Waals surface area contributed by atoms with Gasteiger partial charge in [-0.1, -0.05) is 6.07 Å². The van der Waals surface area contributed by atoms with Gasteiger partial charge < -0.3 is 10.0 Å². The van der Waals surface area contributed by atoms with Crippen molar-refractivity contribution in [2.24, 2.45) is 0 Å². The van der Waals surface area contributed by atoms with E-state index in [-0.39, 0.29) is 5.88 Å². The fourth-order valence-electron chi connectivity index (χ4n) is 1.59. The van der Waals surface area contributed by atoms with E-state index in [2.05, 4.69) is 9.88 Å². The van der Waals surface area contributed by atoms with Crippen molar-refractivity contribution in [3.63, 3.8) is 0 Å². The Kier molecular flexibility index (Phi) is 2.60. The molecular formula is C11H15N3O. The summed E-state index contributed by atoms with van der Waals surface area (Å²) in [5, 5.41) is 9.72. The van der Waals surface area contributed by atoms with Crippen LogP contribution >= 0.6 is 0 Å². The van der Waals surface area contributed by atoms with Crippen LogP contribution in [0.1, 0.15) is 5.69 Å². The van der Waals surface area contributed by atoms with E-state index in [0.29, 0.717) is 0 Å². The van der Waals surface area contributed by atoms with Gasteiger partial charge in [0, 0.05) is 24.9 Å². The Hall–Kier alpha value is -1.55. The van der Waals surface area contributed by atoms with Gasteiger partial charge in [-0.15, -0.1) is 0 Å². The van der Waals surface area contributed by atoms with Gasteiger partial charge in [-0.2, -0.15) is 0 Å². The Bertz CT molecular complexity index is 462. The topological polar surface area (TPSA) is 40.8 Å². The van der Waals surface area contributed by atoms with Crippen LogP contribution in [0.15, 0.2) is 24.4 Å². The minimum absolute atomic E-state index is 0.249. The highest BCUT2D eigenvalue weighted by molar-refractivity contribution is 5.43. The predicted octanol–water partition coefficient (Wildman–Crippen LogP) is 1.14. The van der Waals surface area contributed by atoms with Crippen LogP contribution in [0.3, 0.4) is 0 Å². The third-order valence-corrected chi connectivity index (χ3v) is 2.40. The van der Waals surface area contributed by atoms with Gasteiger partial charge >= 0.3 is 0 Å². The Morgan fingerprint density at radius 2 is 2.20 bits per heavy atom. The molecule has 2 aromatic rings. The molecule has 15 heavy (non-hydrogen) atoms. The molecule has 0 bridgehead atoms. The molecular weight excluding hydrogens is 190 g/mol. The number of likely N-dealkylation sites (N-methyl/N-ethyl adjacent to an activating group) is 1. The number of rotatable bonds is 3. The summed E-state index contributed by atoms with van der Waals surface area (Å²) >= 11 is 0. The average molecular weight is 205 g/mol. The molecule has 4 nitrogen and oxygen atoms in total. The lowest BCUT2D eigenvalue weighted by atomic mass is 10.3. The van der Waals surface area contributed by atoms with Gasteiger partial charge in [0.1, 0.15) is 5.65 Å². The van der Waals surface area contributed by atoms with Crippen LogP contribution < -0.4 is 0 Å². The van der Waals surface area contributed by atoms with E-state index >= 15 is 0 Å². The summed E-state index contributed by atoms with van der Waals surface area (Å²) in [4.78, 5) is 6.35. The number of nitrogens with zero attached hydrogens (tertiary/aromatic N) is 3. The maximum Gasteiger partial charge on any atom is 0.197 e.